The molecular weight excluding hydrogens is 435 g/mol. The number of nitrogens with zero attached hydrogens (tertiary/aromatic N) is 1. The van der Waals surface area contributed by atoms with E-state index in [9.17, 15) is 9.59 Å². The SMILES string of the molecule is CC(C)C[N+]1(Cc2cccc(Cl)c2Cl)CC[C@@H](CN)C1.O=C(O)C(O)C(O)C(=O)O. The van der Waals surface area contributed by atoms with Gasteiger partial charge in [0.1, 0.15) is 6.54 Å². The van der Waals surface area contributed by atoms with Crippen LogP contribution < -0.4 is 5.73 Å². The number of quaternary nitrogens is 1. The van der Waals surface area contributed by atoms with Gasteiger partial charge in [-0.15, -0.1) is 0 Å². The molecule has 1 fully saturated rings. The van der Waals surface area contributed by atoms with Crippen LogP contribution in [0.25, 0.3) is 0 Å². The molecule has 1 aromatic rings. The Balaban J connectivity index is 0.000000382. The molecule has 3 unspecified atom stereocenters. The Hall–Kier alpha value is -1.42. The van der Waals surface area contributed by atoms with Crippen LogP contribution in [0.5, 0.6) is 0 Å². The Labute approximate surface area is 186 Å². The second kappa shape index (κ2) is 11.8. The molecule has 0 aromatic heterocycles. The molecule has 1 aliphatic heterocycles. The van der Waals surface area contributed by atoms with Crippen LogP contribution in [0.15, 0.2) is 18.2 Å². The minimum atomic E-state index is -2.27. The highest BCUT2D eigenvalue weighted by atomic mass is 35.5. The largest absolute Gasteiger partial charge is 0.479 e. The number of likely N-dealkylation sites (tertiary alicyclic amines) is 1. The lowest BCUT2D eigenvalue weighted by Gasteiger charge is -2.36. The summed E-state index contributed by atoms with van der Waals surface area (Å²) in [7, 11) is 0. The quantitative estimate of drug-likeness (QED) is 0.368. The average Bonchev–Trinajstić information content (AvgIpc) is 3.06. The van der Waals surface area contributed by atoms with Crippen LogP contribution in [0, 0.1) is 11.8 Å². The van der Waals surface area contributed by atoms with E-state index in [0.29, 0.717) is 21.9 Å². The van der Waals surface area contributed by atoms with Crippen molar-refractivity contribution in [2.24, 2.45) is 17.6 Å². The highest BCUT2D eigenvalue weighted by molar-refractivity contribution is 6.42. The summed E-state index contributed by atoms with van der Waals surface area (Å²) in [4.78, 5) is 19.5. The van der Waals surface area contributed by atoms with E-state index in [-0.39, 0.29) is 0 Å². The molecule has 10 heteroatoms. The number of aliphatic hydroxyl groups is 2. The van der Waals surface area contributed by atoms with Gasteiger partial charge in [0, 0.05) is 30.4 Å². The van der Waals surface area contributed by atoms with Gasteiger partial charge in [0.25, 0.3) is 0 Å². The monoisotopic (exact) mass is 465 g/mol. The number of nitrogens with two attached hydrogens (primary N) is 1. The van der Waals surface area contributed by atoms with Crippen molar-refractivity contribution in [1.29, 1.82) is 0 Å². The van der Waals surface area contributed by atoms with Gasteiger partial charge < -0.3 is 30.6 Å². The number of benzene rings is 1. The Morgan fingerprint density at radius 3 is 2.17 bits per heavy atom. The number of aliphatic hydroxyl groups excluding tert-OH is 2. The van der Waals surface area contributed by atoms with Crippen LogP contribution >= 0.6 is 23.2 Å². The van der Waals surface area contributed by atoms with E-state index in [1.165, 1.54) is 19.5 Å². The third kappa shape index (κ3) is 7.68. The highest BCUT2D eigenvalue weighted by Gasteiger charge is 2.38. The first-order valence-corrected chi connectivity index (χ1v) is 10.5. The topological polar surface area (TPSA) is 141 Å². The lowest BCUT2D eigenvalue weighted by atomic mass is 10.1. The number of halogens is 2. The minimum absolute atomic E-state index is 0.645. The summed E-state index contributed by atoms with van der Waals surface area (Å²) >= 11 is 12.5. The van der Waals surface area contributed by atoms with Crippen molar-refractivity contribution in [1.82, 2.24) is 0 Å². The first kappa shape index (κ1) is 26.6. The summed E-state index contributed by atoms with van der Waals surface area (Å²) in [5, 5.41) is 33.9. The van der Waals surface area contributed by atoms with Crippen LogP contribution in [0.3, 0.4) is 0 Å². The predicted octanol–water partition coefficient (Wildman–Crippen LogP) is 1.82. The van der Waals surface area contributed by atoms with Gasteiger partial charge in [0.05, 0.1) is 29.7 Å². The van der Waals surface area contributed by atoms with Gasteiger partial charge in [0.15, 0.2) is 12.2 Å². The van der Waals surface area contributed by atoms with E-state index in [1.54, 1.807) is 0 Å². The van der Waals surface area contributed by atoms with Crippen molar-refractivity contribution >= 4 is 35.1 Å². The average molecular weight is 466 g/mol. The van der Waals surface area contributed by atoms with Crippen LogP contribution in [0.2, 0.25) is 10.0 Å². The van der Waals surface area contributed by atoms with Crippen LogP contribution in [-0.2, 0) is 16.1 Å². The Bertz CT molecular complexity index is 715. The maximum Gasteiger partial charge on any atom is 0.335 e. The Morgan fingerprint density at radius 1 is 1.17 bits per heavy atom. The van der Waals surface area contributed by atoms with E-state index >= 15 is 0 Å². The summed E-state index contributed by atoms with van der Waals surface area (Å²) in [5.74, 6) is -2.22. The molecule has 2 rings (SSSR count). The number of rotatable bonds is 8. The number of carboxylic acid groups (broad SMARTS) is 2. The molecule has 1 aromatic carbocycles. The molecule has 1 saturated heterocycles. The summed E-state index contributed by atoms with van der Waals surface area (Å²) in [6.07, 6.45) is -3.31. The van der Waals surface area contributed by atoms with E-state index in [2.05, 4.69) is 19.9 Å². The first-order valence-electron chi connectivity index (χ1n) is 9.72. The van der Waals surface area contributed by atoms with Crippen LogP contribution in [0.4, 0.5) is 0 Å². The minimum Gasteiger partial charge on any atom is -0.479 e. The first-order chi connectivity index (χ1) is 13.9. The van der Waals surface area contributed by atoms with Gasteiger partial charge in [0.2, 0.25) is 0 Å². The maximum atomic E-state index is 9.77. The van der Waals surface area contributed by atoms with Crippen molar-refractivity contribution in [3.05, 3.63) is 33.8 Å². The molecular formula is C20H31Cl2N2O6+. The summed E-state index contributed by atoms with van der Waals surface area (Å²) < 4.78 is 1.10. The molecule has 170 valence electrons. The molecule has 1 heterocycles. The van der Waals surface area contributed by atoms with Crippen molar-refractivity contribution in [3.8, 4) is 0 Å². The normalized spacial score (nSPS) is 22.9. The predicted molar refractivity (Wildman–Crippen MR) is 114 cm³/mol. The number of carboxylic acids is 2. The van der Waals surface area contributed by atoms with E-state index in [1.807, 2.05) is 12.1 Å². The Kier molecular flexibility index (Phi) is 10.5. The van der Waals surface area contributed by atoms with Gasteiger partial charge in [-0.25, -0.2) is 9.59 Å². The van der Waals surface area contributed by atoms with Crippen molar-refractivity contribution in [3.63, 3.8) is 0 Å². The van der Waals surface area contributed by atoms with Crippen LogP contribution in [-0.4, -0.2) is 75.2 Å². The fourth-order valence-corrected chi connectivity index (χ4v) is 4.21. The molecule has 8 nitrogen and oxygen atoms in total. The summed E-state index contributed by atoms with van der Waals surface area (Å²) in [6, 6.07) is 5.95. The standard InChI is InChI=1S/C16H25Cl2N2.C4H6O6/c1-12(2)9-20(7-6-13(8-19)10-20)11-14-4-3-5-15(17)16(14)18;5-1(3(7)8)2(6)4(9)10/h3-5,12-13H,6-11,19H2,1-2H3;1-2,5-6H,(H,7,8)(H,9,10)/q+1;/t13-,20?;/m0./s1. The molecule has 4 atom stereocenters. The van der Waals surface area contributed by atoms with Gasteiger partial charge in [-0.1, -0.05) is 49.2 Å². The van der Waals surface area contributed by atoms with Gasteiger partial charge in [-0.05, 0) is 6.07 Å². The van der Waals surface area contributed by atoms with E-state index in [4.69, 9.17) is 49.4 Å². The number of hydrogen-bond acceptors (Lipinski definition) is 5. The summed E-state index contributed by atoms with van der Waals surface area (Å²) in [6.45, 7) is 9.87. The third-order valence-electron chi connectivity index (χ3n) is 5.09. The molecule has 0 saturated carbocycles. The van der Waals surface area contributed by atoms with E-state index in [0.717, 1.165) is 29.7 Å². The summed E-state index contributed by atoms with van der Waals surface area (Å²) in [5.41, 5.74) is 7.04. The van der Waals surface area contributed by atoms with Gasteiger partial charge in [-0.2, -0.15) is 0 Å². The highest BCUT2D eigenvalue weighted by Crippen LogP contribution is 2.33. The molecule has 0 aliphatic carbocycles. The van der Waals surface area contributed by atoms with Crippen molar-refractivity contribution < 1.29 is 34.5 Å². The smallest absolute Gasteiger partial charge is 0.335 e. The molecule has 0 radical (unpaired) electrons. The van der Waals surface area contributed by atoms with Gasteiger partial charge in [-0.3, -0.25) is 0 Å². The molecule has 0 amide bonds. The Morgan fingerprint density at radius 2 is 1.73 bits per heavy atom. The zero-order chi connectivity index (χ0) is 23.1. The zero-order valence-electron chi connectivity index (χ0n) is 17.2. The molecule has 1 aliphatic rings. The number of aliphatic carboxylic acids is 2. The second-order valence-corrected chi connectivity index (χ2v) is 8.94. The fraction of sp³-hybridized carbons (Fsp3) is 0.600. The molecule has 0 spiro atoms. The van der Waals surface area contributed by atoms with Crippen molar-refractivity contribution in [2.75, 3.05) is 26.2 Å². The number of carbonyl (C=O) groups is 2. The molecule has 30 heavy (non-hydrogen) atoms. The third-order valence-corrected chi connectivity index (χ3v) is 5.94. The fourth-order valence-electron chi connectivity index (χ4n) is 3.83. The lowest BCUT2D eigenvalue weighted by molar-refractivity contribution is -0.933. The maximum absolute atomic E-state index is 9.77. The van der Waals surface area contributed by atoms with E-state index < -0.39 is 24.1 Å². The lowest BCUT2D eigenvalue weighted by Crippen LogP contribution is -2.48. The molecule has 0 bridgehead atoms. The number of hydrogen-bond donors (Lipinski definition) is 5. The van der Waals surface area contributed by atoms with Gasteiger partial charge >= 0.3 is 11.9 Å². The van der Waals surface area contributed by atoms with Crippen molar-refractivity contribution in [2.45, 2.75) is 39.0 Å². The zero-order valence-corrected chi connectivity index (χ0v) is 18.7. The molecule has 6 N–H and O–H groups in total. The second-order valence-electron chi connectivity index (χ2n) is 8.15. The van der Waals surface area contributed by atoms with Crippen LogP contribution in [0.1, 0.15) is 25.8 Å².